The van der Waals surface area contributed by atoms with Crippen molar-refractivity contribution < 1.29 is 4.79 Å². The highest BCUT2D eigenvalue weighted by molar-refractivity contribution is 7.98. The van der Waals surface area contributed by atoms with Crippen LogP contribution in [0.25, 0.3) is 0 Å². The molecule has 3 fully saturated rings. The Kier molecular flexibility index (Phi) is 3.12. The average molecular weight is 245 g/mol. The van der Waals surface area contributed by atoms with E-state index in [4.69, 9.17) is 0 Å². The fraction of sp³-hybridized carbons (Fsp3) is 0.909. The van der Waals surface area contributed by atoms with Gasteiger partial charge < -0.3 is 0 Å². The minimum atomic E-state index is -0.270. The molecular weight excluding hydrogens is 226 g/mol. The molecule has 15 heavy (non-hydrogen) atoms. The summed E-state index contributed by atoms with van der Waals surface area (Å²) in [6.07, 6.45) is 4.15. The predicted molar refractivity (Wildman–Crippen MR) is 68.9 cm³/mol. The highest BCUT2D eigenvalue weighted by Gasteiger charge is 2.57. The third-order valence-corrected chi connectivity index (χ3v) is 5.38. The molecule has 1 atom stereocenters. The number of hydrogen-bond donors (Lipinski definition) is 1. The van der Waals surface area contributed by atoms with Gasteiger partial charge in [-0.05, 0) is 19.1 Å². The summed E-state index contributed by atoms with van der Waals surface area (Å²) in [4.78, 5) is 14.9. The van der Waals surface area contributed by atoms with E-state index in [0.717, 1.165) is 31.7 Å². The van der Waals surface area contributed by atoms with Crippen LogP contribution in [0.5, 0.6) is 0 Å². The Bertz CT molecular complexity index is 274. The van der Waals surface area contributed by atoms with Crippen molar-refractivity contribution >= 4 is 30.2 Å². The van der Waals surface area contributed by atoms with E-state index < -0.39 is 0 Å². The number of fused-ring (bicyclic) bond motifs is 3. The van der Waals surface area contributed by atoms with Crippen molar-refractivity contribution in [1.29, 1.82) is 0 Å². The van der Waals surface area contributed by atoms with Crippen LogP contribution in [0, 0.1) is 5.41 Å². The summed E-state index contributed by atoms with van der Waals surface area (Å²) < 4.78 is 0. The highest BCUT2D eigenvalue weighted by Crippen LogP contribution is 2.46. The molecule has 2 nitrogen and oxygen atoms in total. The SMILES string of the molecule is CSCC1(CS)C(=O)C2(C)CCN1CC2. The van der Waals surface area contributed by atoms with Gasteiger partial charge in [0.15, 0.2) is 5.78 Å². The van der Waals surface area contributed by atoms with Gasteiger partial charge in [-0.15, -0.1) is 0 Å². The molecule has 1 unspecified atom stereocenters. The van der Waals surface area contributed by atoms with Crippen LogP contribution < -0.4 is 0 Å². The van der Waals surface area contributed by atoms with Crippen LogP contribution in [-0.4, -0.2) is 47.1 Å². The first-order valence-corrected chi connectivity index (χ1v) is 7.51. The third kappa shape index (κ3) is 1.56. The van der Waals surface area contributed by atoms with Crippen molar-refractivity contribution in [1.82, 2.24) is 4.90 Å². The van der Waals surface area contributed by atoms with Gasteiger partial charge in [-0.2, -0.15) is 24.4 Å². The van der Waals surface area contributed by atoms with Crippen LogP contribution in [0.4, 0.5) is 0 Å². The largest absolute Gasteiger partial charge is 0.297 e. The van der Waals surface area contributed by atoms with Crippen LogP contribution in [-0.2, 0) is 4.79 Å². The smallest absolute Gasteiger partial charge is 0.160 e. The quantitative estimate of drug-likeness (QED) is 0.764. The minimum absolute atomic E-state index is 0.0623. The summed E-state index contributed by atoms with van der Waals surface area (Å²) >= 11 is 6.20. The van der Waals surface area contributed by atoms with Gasteiger partial charge in [0, 0.05) is 30.0 Å². The zero-order valence-electron chi connectivity index (χ0n) is 9.45. The maximum Gasteiger partial charge on any atom is 0.160 e. The first-order chi connectivity index (χ1) is 7.09. The first-order valence-electron chi connectivity index (χ1n) is 5.49. The molecule has 4 heteroatoms. The number of piperidine rings is 3. The van der Waals surface area contributed by atoms with E-state index in [0.29, 0.717) is 11.5 Å². The topological polar surface area (TPSA) is 20.3 Å². The Hall–Kier alpha value is 0.330. The van der Waals surface area contributed by atoms with Gasteiger partial charge in [0.25, 0.3) is 0 Å². The molecule has 0 saturated carbocycles. The first kappa shape index (κ1) is 11.8. The maximum atomic E-state index is 12.5. The molecule has 3 rings (SSSR count). The average Bonchev–Trinajstić information content (AvgIpc) is 2.25. The summed E-state index contributed by atoms with van der Waals surface area (Å²) in [5.41, 5.74) is -0.332. The molecule has 0 amide bonds. The lowest BCUT2D eigenvalue weighted by molar-refractivity contribution is -0.153. The zero-order valence-corrected chi connectivity index (χ0v) is 11.2. The molecule has 86 valence electrons. The summed E-state index contributed by atoms with van der Waals surface area (Å²) in [6, 6.07) is 0. The van der Waals surface area contributed by atoms with Crippen molar-refractivity contribution in [2.45, 2.75) is 25.3 Å². The monoisotopic (exact) mass is 245 g/mol. The Morgan fingerprint density at radius 3 is 2.53 bits per heavy atom. The molecule has 2 bridgehead atoms. The molecule has 3 aliphatic heterocycles. The van der Waals surface area contributed by atoms with Gasteiger partial charge >= 0.3 is 0 Å². The molecule has 0 aliphatic carbocycles. The normalized spacial score (nSPS) is 44.7. The molecule has 0 aromatic rings. The van der Waals surface area contributed by atoms with Gasteiger partial charge in [0.2, 0.25) is 0 Å². The molecular formula is C11H19NOS2. The lowest BCUT2D eigenvalue weighted by Gasteiger charge is -2.56. The fourth-order valence-corrected chi connectivity index (χ4v) is 4.47. The van der Waals surface area contributed by atoms with E-state index in [2.05, 4.69) is 30.7 Å². The molecule has 0 radical (unpaired) electrons. The van der Waals surface area contributed by atoms with E-state index in [1.54, 1.807) is 11.8 Å². The number of hydrogen-bond acceptors (Lipinski definition) is 4. The number of thioether (sulfide) groups is 1. The fourth-order valence-electron chi connectivity index (χ4n) is 2.97. The highest BCUT2D eigenvalue weighted by atomic mass is 32.2. The molecule has 3 aliphatic rings. The number of ketones is 1. The second kappa shape index (κ2) is 3.97. The summed E-state index contributed by atoms with van der Waals surface area (Å²) in [7, 11) is 0. The second-order valence-electron chi connectivity index (χ2n) is 5.00. The standard InChI is InChI=1S/C11H19NOS2/c1-10-3-5-12(6-4-10)11(7-14,8-15-2)9(10)13/h14H,3-8H2,1-2H3. The zero-order chi connectivity index (χ0) is 11.1. The number of thiol groups is 1. The van der Waals surface area contributed by atoms with Gasteiger partial charge in [0.1, 0.15) is 0 Å². The van der Waals surface area contributed by atoms with Crippen molar-refractivity contribution in [2.75, 3.05) is 30.9 Å². The van der Waals surface area contributed by atoms with Crippen molar-refractivity contribution in [3.63, 3.8) is 0 Å². The summed E-state index contributed by atoms with van der Waals surface area (Å²) in [5.74, 6) is 2.00. The van der Waals surface area contributed by atoms with Crippen molar-refractivity contribution in [2.24, 2.45) is 5.41 Å². The molecule has 3 heterocycles. The Morgan fingerprint density at radius 1 is 1.47 bits per heavy atom. The van der Waals surface area contributed by atoms with Gasteiger partial charge in [-0.25, -0.2) is 0 Å². The predicted octanol–water partition coefficient (Wildman–Crippen LogP) is 1.70. The Labute approximate surface area is 102 Å². The number of carbonyl (C=O) groups is 1. The van der Waals surface area contributed by atoms with Crippen molar-refractivity contribution in [3.05, 3.63) is 0 Å². The Morgan fingerprint density at radius 2 is 2.07 bits per heavy atom. The number of Topliss-reactive ketones (excluding diaryl/α,β-unsaturated/α-hetero) is 1. The maximum absolute atomic E-state index is 12.5. The lowest BCUT2D eigenvalue weighted by Crippen LogP contribution is -2.70. The van der Waals surface area contributed by atoms with Crippen molar-refractivity contribution in [3.8, 4) is 0 Å². The summed E-state index contributed by atoms with van der Waals surface area (Å²) in [5, 5.41) is 0. The van der Waals surface area contributed by atoms with Crippen LogP contribution in [0.3, 0.4) is 0 Å². The van der Waals surface area contributed by atoms with Crippen LogP contribution >= 0.6 is 24.4 Å². The Balaban J connectivity index is 2.34. The summed E-state index contributed by atoms with van der Waals surface area (Å²) in [6.45, 7) is 4.29. The van der Waals surface area contributed by atoms with Crippen LogP contribution in [0.2, 0.25) is 0 Å². The van der Waals surface area contributed by atoms with Gasteiger partial charge in [0.05, 0.1) is 5.54 Å². The molecule has 0 aromatic carbocycles. The van der Waals surface area contributed by atoms with E-state index in [1.165, 1.54) is 0 Å². The number of rotatable bonds is 3. The molecule has 3 saturated heterocycles. The third-order valence-electron chi connectivity index (χ3n) is 4.09. The van der Waals surface area contributed by atoms with Gasteiger partial charge in [-0.3, -0.25) is 9.69 Å². The molecule has 0 spiro atoms. The molecule has 0 N–H and O–H groups in total. The van der Waals surface area contributed by atoms with E-state index in [9.17, 15) is 4.79 Å². The van der Waals surface area contributed by atoms with E-state index in [-0.39, 0.29) is 11.0 Å². The number of nitrogens with zero attached hydrogens (tertiary/aromatic N) is 1. The number of carbonyl (C=O) groups excluding carboxylic acids is 1. The van der Waals surface area contributed by atoms with E-state index in [1.807, 2.05) is 0 Å². The van der Waals surface area contributed by atoms with Crippen LogP contribution in [0.15, 0.2) is 0 Å². The lowest BCUT2D eigenvalue weighted by atomic mass is 9.65. The second-order valence-corrected chi connectivity index (χ2v) is 6.18. The molecule has 0 aromatic heterocycles. The minimum Gasteiger partial charge on any atom is -0.297 e. The van der Waals surface area contributed by atoms with Crippen LogP contribution in [0.1, 0.15) is 19.8 Å². The van der Waals surface area contributed by atoms with Gasteiger partial charge in [-0.1, -0.05) is 6.92 Å². The van der Waals surface area contributed by atoms with E-state index >= 15 is 0 Å².